The minimum atomic E-state index is -0.955. The van der Waals surface area contributed by atoms with Crippen molar-refractivity contribution in [2.75, 3.05) is 20.3 Å². The van der Waals surface area contributed by atoms with Crippen LogP contribution in [0.3, 0.4) is 0 Å². The summed E-state index contributed by atoms with van der Waals surface area (Å²) >= 11 is 0. The Labute approximate surface area is 65.8 Å². The van der Waals surface area contributed by atoms with Gasteiger partial charge in [0, 0.05) is 6.61 Å². The average molecular weight is 162 g/mol. The van der Waals surface area contributed by atoms with Gasteiger partial charge in [0.05, 0.1) is 19.1 Å². The Morgan fingerprint density at radius 2 is 2.09 bits per heavy atom. The van der Waals surface area contributed by atoms with Crippen LogP contribution in [0, 0.1) is 5.41 Å². The Morgan fingerprint density at radius 3 is 2.36 bits per heavy atom. The Hall–Kier alpha value is -0.610. The van der Waals surface area contributed by atoms with Gasteiger partial charge < -0.3 is 14.9 Å². The first-order valence-electron chi connectivity index (χ1n) is 3.41. The van der Waals surface area contributed by atoms with Crippen molar-refractivity contribution in [2.45, 2.75) is 13.3 Å². The SMILES string of the molecule is COC(=O)C(C)(CO)CCO. The number of hydrogen-bond donors (Lipinski definition) is 2. The van der Waals surface area contributed by atoms with Crippen molar-refractivity contribution in [3.05, 3.63) is 0 Å². The summed E-state index contributed by atoms with van der Waals surface area (Å²) in [5.74, 6) is -0.492. The number of carbonyl (C=O) groups excluding carboxylic acids is 1. The lowest BCUT2D eigenvalue weighted by molar-refractivity contribution is -0.155. The third-order valence-electron chi connectivity index (χ3n) is 1.69. The van der Waals surface area contributed by atoms with E-state index in [0.717, 1.165) is 0 Å². The van der Waals surface area contributed by atoms with Gasteiger partial charge in [-0.2, -0.15) is 0 Å². The first kappa shape index (κ1) is 10.4. The number of esters is 1. The maximum atomic E-state index is 11.0. The fourth-order valence-electron chi connectivity index (χ4n) is 0.739. The van der Waals surface area contributed by atoms with Crippen molar-refractivity contribution >= 4 is 5.97 Å². The Kier molecular flexibility index (Phi) is 4.07. The number of aliphatic hydroxyl groups excluding tert-OH is 2. The van der Waals surface area contributed by atoms with Crippen LogP contribution in [0.2, 0.25) is 0 Å². The second-order valence-electron chi connectivity index (χ2n) is 2.68. The summed E-state index contributed by atoms with van der Waals surface area (Å²) in [7, 11) is 1.26. The third-order valence-corrected chi connectivity index (χ3v) is 1.69. The summed E-state index contributed by atoms with van der Waals surface area (Å²) in [6, 6.07) is 0. The van der Waals surface area contributed by atoms with Gasteiger partial charge in [-0.15, -0.1) is 0 Å². The van der Waals surface area contributed by atoms with Crippen LogP contribution in [0.25, 0.3) is 0 Å². The van der Waals surface area contributed by atoms with Gasteiger partial charge in [0.2, 0.25) is 0 Å². The molecule has 0 aromatic rings. The summed E-state index contributed by atoms with van der Waals surface area (Å²) in [4.78, 5) is 11.0. The van der Waals surface area contributed by atoms with Crippen molar-refractivity contribution < 1.29 is 19.7 Å². The zero-order valence-electron chi connectivity index (χ0n) is 6.83. The van der Waals surface area contributed by atoms with Gasteiger partial charge in [-0.1, -0.05) is 0 Å². The predicted molar refractivity (Wildman–Crippen MR) is 38.9 cm³/mol. The van der Waals surface area contributed by atoms with Crippen LogP contribution in [0.15, 0.2) is 0 Å². The summed E-state index contributed by atoms with van der Waals surface area (Å²) in [5.41, 5.74) is -0.955. The van der Waals surface area contributed by atoms with Crippen molar-refractivity contribution in [1.29, 1.82) is 0 Å². The van der Waals surface area contributed by atoms with Crippen LogP contribution in [0.5, 0.6) is 0 Å². The van der Waals surface area contributed by atoms with Crippen molar-refractivity contribution in [3.8, 4) is 0 Å². The normalized spacial score (nSPS) is 15.6. The summed E-state index contributed by atoms with van der Waals surface area (Å²) in [5, 5.41) is 17.4. The minimum Gasteiger partial charge on any atom is -0.469 e. The molecule has 0 aliphatic carbocycles. The topological polar surface area (TPSA) is 66.8 Å². The quantitative estimate of drug-likeness (QED) is 0.549. The largest absolute Gasteiger partial charge is 0.469 e. The zero-order chi connectivity index (χ0) is 8.91. The molecule has 0 aliphatic rings. The maximum Gasteiger partial charge on any atom is 0.313 e. The highest BCUT2D eigenvalue weighted by Gasteiger charge is 2.32. The highest BCUT2D eigenvalue weighted by atomic mass is 16.5. The first-order valence-corrected chi connectivity index (χ1v) is 3.41. The van der Waals surface area contributed by atoms with Gasteiger partial charge in [0.1, 0.15) is 0 Å². The van der Waals surface area contributed by atoms with E-state index in [4.69, 9.17) is 10.2 Å². The van der Waals surface area contributed by atoms with E-state index in [1.165, 1.54) is 7.11 Å². The average Bonchev–Trinajstić information content (AvgIpc) is 2.03. The molecule has 0 radical (unpaired) electrons. The summed E-state index contributed by atoms with van der Waals surface area (Å²) in [6.07, 6.45) is 0.218. The Morgan fingerprint density at radius 1 is 1.55 bits per heavy atom. The minimum absolute atomic E-state index is 0.133. The molecule has 66 valence electrons. The molecule has 2 N–H and O–H groups in total. The molecule has 11 heavy (non-hydrogen) atoms. The van der Waals surface area contributed by atoms with Crippen LogP contribution in [-0.4, -0.2) is 36.5 Å². The molecule has 0 rings (SSSR count). The molecule has 0 aromatic carbocycles. The molecule has 0 aliphatic heterocycles. The van der Waals surface area contributed by atoms with E-state index >= 15 is 0 Å². The maximum absolute atomic E-state index is 11.0. The van der Waals surface area contributed by atoms with E-state index < -0.39 is 11.4 Å². The summed E-state index contributed by atoms with van der Waals surface area (Å²) < 4.78 is 4.45. The molecule has 0 saturated carbocycles. The molecule has 0 saturated heterocycles. The first-order chi connectivity index (χ1) is 5.10. The monoisotopic (exact) mass is 162 g/mol. The molecule has 0 amide bonds. The highest BCUT2D eigenvalue weighted by Crippen LogP contribution is 2.21. The van der Waals surface area contributed by atoms with Gasteiger partial charge in [-0.25, -0.2) is 0 Å². The summed E-state index contributed by atoms with van der Waals surface area (Å²) in [6.45, 7) is 1.11. The number of ether oxygens (including phenoxy) is 1. The molecule has 0 bridgehead atoms. The van der Waals surface area contributed by atoms with Crippen LogP contribution in [-0.2, 0) is 9.53 Å². The number of carbonyl (C=O) groups is 1. The van der Waals surface area contributed by atoms with Crippen molar-refractivity contribution in [2.24, 2.45) is 5.41 Å². The van der Waals surface area contributed by atoms with Crippen LogP contribution in [0.1, 0.15) is 13.3 Å². The van der Waals surface area contributed by atoms with E-state index in [2.05, 4.69) is 4.74 Å². The van der Waals surface area contributed by atoms with Crippen molar-refractivity contribution in [3.63, 3.8) is 0 Å². The number of methoxy groups -OCH3 is 1. The number of rotatable bonds is 4. The lowest BCUT2D eigenvalue weighted by Crippen LogP contribution is -2.33. The van der Waals surface area contributed by atoms with Gasteiger partial charge >= 0.3 is 5.97 Å². The van der Waals surface area contributed by atoms with Crippen LogP contribution < -0.4 is 0 Å². The fourth-order valence-corrected chi connectivity index (χ4v) is 0.739. The molecular weight excluding hydrogens is 148 g/mol. The second-order valence-corrected chi connectivity index (χ2v) is 2.68. The molecule has 4 heteroatoms. The molecule has 4 nitrogen and oxygen atoms in total. The highest BCUT2D eigenvalue weighted by molar-refractivity contribution is 5.76. The van der Waals surface area contributed by atoms with Crippen LogP contribution in [0.4, 0.5) is 0 Å². The molecule has 0 aromatic heterocycles. The Balaban J connectivity index is 4.19. The molecule has 0 heterocycles. The van der Waals surface area contributed by atoms with E-state index in [-0.39, 0.29) is 19.6 Å². The van der Waals surface area contributed by atoms with Crippen molar-refractivity contribution in [1.82, 2.24) is 0 Å². The van der Waals surface area contributed by atoms with E-state index in [9.17, 15) is 4.79 Å². The predicted octanol–water partition coefficient (Wildman–Crippen LogP) is -0.460. The molecule has 0 fully saturated rings. The van der Waals surface area contributed by atoms with Gasteiger partial charge in [-0.3, -0.25) is 4.79 Å². The van der Waals surface area contributed by atoms with E-state index in [1.54, 1.807) is 6.92 Å². The lowest BCUT2D eigenvalue weighted by Gasteiger charge is -2.22. The number of hydrogen-bond acceptors (Lipinski definition) is 4. The fraction of sp³-hybridized carbons (Fsp3) is 0.857. The zero-order valence-corrected chi connectivity index (χ0v) is 6.83. The molecule has 1 unspecified atom stereocenters. The van der Waals surface area contributed by atoms with Crippen LogP contribution >= 0.6 is 0 Å². The molecule has 0 spiro atoms. The van der Waals surface area contributed by atoms with E-state index in [0.29, 0.717) is 0 Å². The lowest BCUT2D eigenvalue weighted by atomic mass is 9.88. The van der Waals surface area contributed by atoms with E-state index in [1.807, 2.05) is 0 Å². The van der Waals surface area contributed by atoms with Gasteiger partial charge in [0.25, 0.3) is 0 Å². The standard InChI is InChI=1S/C7H14O4/c1-7(5-9,3-4-8)6(10)11-2/h8-9H,3-5H2,1-2H3. The second kappa shape index (κ2) is 4.31. The number of aliphatic hydroxyl groups is 2. The Bertz CT molecular complexity index is 134. The third kappa shape index (κ3) is 2.48. The molecule has 1 atom stereocenters. The molecular formula is C7H14O4. The van der Waals surface area contributed by atoms with Gasteiger partial charge in [0.15, 0.2) is 0 Å². The smallest absolute Gasteiger partial charge is 0.313 e. The van der Waals surface area contributed by atoms with Gasteiger partial charge in [-0.05, 0) is 13.3 Å².